The standard InChI is InChI=1S/C20H21N5O3/c1-12-3-7-16(9-13(12)2)27-17-8-6-15(10-21-17)23-20(26)22-11-18-24-19(25-28-18)14-4-5-14/h3,6-10,14H,4-5,11H2,1-2H3,(H2,22,23,26). The maximum absolute atomic E-state index is 12.0. The number of rotatable bonds is 6. The van der Waals surface area contributed by atoms with Crippen molar-refractivity contribution >= 4 is 11.7 Å². The highest BCUT2D eigenvalue weighted by atomic mass is 16.5. The molecule has 144 valence electrons. The fourth-order valence-electron chi connectivity index (χ4n) is 2.59. The highest BCUT2D eigenvalue weighted by Gasteiger charge is 2.28. The number of anilines is 1. The summed E-state index contributed by atoms with van der Waals surface area (Å²) in [4.78, 5) is 20.5. The molecule has 0 bridgehead atoms. The molecule has 2 N–H and O–H groups in total. The molecule has 8 heteroatoms. The van der Waals surface area contributed by atoms with Crippen molar-refractivity contribution < 1.29 is 14.1 Å². The Morgan fingerprint density at radius 3 is 2.79 bits per heavy atom. The van der Waals surface area contributed by atoms with Crippen molar-refractivity contribution in [3.8, 4) is 11.6 Å². The second-order valence-electron chi connectivity index (χ2n) is 6.86. The quantitative estimate of drug-likeness (QED) is 0.669. The van der Waals surface area contributed by atoms with E-state index in [0.717, 1.165) is 30.0 Å². The van der Waals surface area contributed by atoms with Crippen LogP contribution in [0.15, 0.2) is 41.1 Å². The molecule has 0 atom stereocenters. The van der Waals surface area contributed by atoms with Gasteiger partial charge in [-0.1, -0.05) is 11.2 Å². The van der Waals surface area contributed by atoms with Crippen LogP contribution in [0, 0.1) is 13.8 Å². The van der Waals surface area contributed by atoms with E-state index in [9.17, 15) is 4.79 Å². The number of carbonyl (C=O) groups excluding carboxylic acids is 1. The third-order valence-corrected chi connectivity index (χ3v) is 4.52. The lowest BCUT2D eigenvalue weighted by Gasteiger charge is -2.09. The zero-order valence-corrected chi connectivity index (χ0v) is 15.7. The van der Waals surface area contributed by atoms with E-state index >= 15 is 0 Å². The van der Waals surface area contributed by atoms with Crippen LogP contribution in [0.4, 0.5) is 10.5 Å². The Labute approximate surface area is 162 Å². The van der Waals surface area contributed by atoms with E-state index in [-0.39, 0.29) is 12.6 Å². The van der Waals surface area contributed by atoms with E-state index in [1.54, 1.807) is 12.1 Å². The minimum absolute atomic E-state index is 0.174. The first-order valence-corrected chi connectivity index (χ1v) is 9.15. The van der Waals surface area contributed by atoms with Crippen LogP contribution in [0.1, 0.15) is 41.6 Å². The molecule has 28 heavy (non-hydrogen) atoms. The summed E-state index contributed by atoms with van der Waals surface area (Å²) in [5.74, 6) is 2.71. The van der Waals surface area contributed by atoms with Gasteiger partial charge in [-0.15, -0.1) is 0 Å². The lowest BCUT2D eigenvalue weighted by Crippen LogP contribution is -2.28. The predicted molar refractivity (Wildman–Crippen MR) is 102 cm³/mol. The minimum atomic E-state index is -0.379. The Morgan fingerprint density at radius 1 is 1.21 bits per heavy atom. The van der Waals surface area contributed by atoms with E-state index < -0.39 is 0 Å². The molecule has 1 aromatic carbocycles. The van der Waals surface area contributed by atoms with Crippen LogP contribution in [0.5, 0.6) is 11.6 Å². The average Bonchev–Trinajstić information content (AvgIpc) is 3.43. The van der Waals surface area contributed by atoms with Gasteiger partial charge in [-0.2, -0.15) is 4.98 Å². The summed E-state index contributed by atoms with van der Waals surface area (Å²) < 4.78 is 10.9. The maximum atomic E-state index is 12.0. The summed E-state index contributed by atoms with van der Waals surface area (Å²) in [6.45, 7) is 4.25. The molecule has 8 nitrogen and oxygen atoms in total. The van der Waals surface area contributed by atoms with Crippen LogP contribution in [0.2, 0.25) is 0 Å². The van der Waals surface area contributed by atoms with Gasteiger partial charge >= 0.3 is 6.03 Å². The molecular weight excluding hydrogens is 358 g/mol. The Balaban J connectivity index is 1.28. The number of nitrogens with zero attached hydrogens (tertiary/aromatic N) is 3. The summed E-state index contributed by atoms with van der Waals surface area (Å²) >= 11 is 0. The normalized spacial score (nSPS) is 13.2. The number of aromatic nitrogens is 3. The Kier molecular flexibility index (Phi) is 4.92. The SMILES string of the molecule is Cc1ccc(Oc2ccc(NC(=O)NCc3nc(C4CC4)no3)cn2)cc1C. The number of aryl methyl sites for hydroxylation is 2. The minimum Gasteiger partial charge on any atom is -0.439 e. The zero-order chi connectivity index (χ0) is 19.5. The molecule has 0 radical (unpaired) electrons. The van der Waals surface area contributed by atoms with Crippen molar-refractivity contribution in [1.29, 1.82) is 0 Å². The van der Waals surface area contributed by atoms with Crippen LogP contribution < -0.4 is 15.4 Å². The van der Waals surface area contributed by atoms with Crippen LogP contribution in [-0.2, 0) is 6.54 Å². The Morgan fingerprint density at radius 2 is 2.07 bits per heavy atom. The van der Waals surface area contributed by atoms with Crippen molar-refractivity contribution in [1.82, 2.24) is 20.4 Å². The highest BCUT2D eigenvalue weighted by Crippen LogP contribution is 2.38. The largest absolute Gasteiger partial charge is 0.439 e. The van der Waals surface area contributed by atoms with Gasteiger partial charge in [0, 0.05) is 12.0 Å². The van der Waals surface area contributed by atoms with Gasteiger partial charge in [-0.05, 0) is 56.0 Å². The monoisotopic (exact) mass is 379 g/mol. The lowest BCUT2D eigenvalue weighted by atomic mass is 10.1. The van der Waals surface area contributed by atoms with Gasteiger partial charge in [0.15, 0.2) is 5.82 Å². The van der Waals surface area contributed by atoms with Crippen LogP contribution in [0.3, 0.4) is 0 Å². The Hall–Kier alpha value is -3.42. The van der Waals surface area contributed by atoms with Gasteiger partial charge < -0.3 is 19.9 Å². The molecule has 1 aliphatic carbocycles. The second kappa shape index (κ2) is 7.67. The van der Waals surface area contributed by atoms with Crippen molar-refractivity contribution in [3.63, 3.8) is 0 Å². The first-order chi connectivity index (χ1) is 13.6. The number of ether oxygens (including phenoxy) is 1. The number of amides is 2. The van der Waals surface area contributed by atoms with Crippen LogP contribution in [0.25, 0.3) is 0 Å². The molecule has 2 amide bonds. The number of carbonyl (C=O) groups is 1. The summed E-state index contributed by atoms with van der Waals surface area (Å²) in [5.41, 5.74) is 2.90. The number of hydrogen-bond donors (Lipinski definition) is 2. The molecule has 0 aliphatic heterocycles. The van der Waals surface area contributed by atoms with Crippen molar-refractivity contribution in [2.24, 2.45) is 0 Å². The topological polar surface area (TPSA) is 102 Å². The number of hydrogen-bond acceptors (Lipinski definition) is 6. The highest BCUT2D eigenvalue weighted by molar-refractivity contribution is 5.88. The summed E-state index contributed by atoms with van der Waals surface area (Å²) in [7, 11) is 0. The van der Waals surface area contributed by atoms with Gasteiger partial charge in [0.2, 0.25) is 11.8 Å². The molecule has 4 rings (SSSR count). The van der Waals surface area contributed by atoms with E-state index in [0.29, 0.717) is 23.4 Å². The predicted octanol–water partition coefficient (Wildman–Crippen LogP) is 4.07. The van der Waals surface area contributed by atoms with Crippen molar-refractivity contribution in [3.05, 3.63) is 59.4 Å². The molecule has 1 saturated carbocycles. The fraction of sp³-hybridized carbons (Fsp3) is 0.300. The molecule has 2 aromatic heterocycles. The van der Waals surface area contributed by atoms with Gasteiger partial charge in [-0.25, -0.2) is 9.78 Å². The maximum Gasteiger partial charge on any atom is 0.319 e. The van der Waals surface area contributed by atoms with E-state index in [1.165, 1.54) is 11.8 Å². The fourth-order valence-corrected chi connectivity index (χ4v) is 2.59. The molecule has 0 spiro atoms. The molecule has 1 aliphatic rings. The van der Waals surface area contributed by atoms with Crippen molar-refractivity contribution in [2.45, 2.75) is 39.2 Å². The number of nitrogens with one attached hydrogen (secondary N) is 2. The summed E-state index contributed by atoms with van der Waals surface area (Å²) in [6, 6.07) is 8.90. The lowest BCUT2D eigenvalue weighted by molar-refractivity contribution is 0.249. The molecule has 2 heterocycles. The molecule has 3 aromatic rings. The Bertz CT molecular complexity index is 980. The van der Waals surface area contributed by atoms with Gasteiger partial charge in [-0.3, -0.25) is 0 Å². The first-order valence-electron chi connectivity index (χ1n) is 9.15. The first kappa shape index (κ1) is 18.0. The second-order valence-corrected chi connectivity index (χ2v) is 6.86. The van der Waals surface area contributed by atoms with Crippen LogP contribution >= 0.6 is 0 Å². The molecule has 0 unspecified atom stereocenters. The molecule has 1 fully saturated rings. The number of urea groups is 1. The number of benzene rings is 1. The molecule has 0 saturated heterocycles. The van der Waals surface area contributed by atoms with E-state index in [1.807, 2.05) is 32.0 Å². The summed E-state index contributed by atoms with van der Waals surface area (Å²) in [5, 5.41) is 9.30. The zero-order valence-electron chi connectivity index (χ0n) is 15.7. The smallest absolute Gasteiger partial charge is 0.319 e. The van der Waals surface area contributed by atoms with Crippen LogP contribution in [-0.4, -0.2) is 21.2 Å². The molecular formula is C20H21N5O3. The van der Waals surface area contributed by atoms with Gasteiger partial charge in [0.25, 0.3) is 0 Å². The third kappa shape index (κ3) is 4.46. The number of pyridine rings is 1. The summed E-state index contributed by atoms with van der Waals surface area (Å²) in [6.07, 6.45) is 3.74. The van der Waals surface area contributed by atoms with E-state index in [2.05, 4.69) is 25.8 Å². The van der Waals surface area contributed by atoms with E-state index in [4.69, 9.17) is 9.26 Å². The van der Waals surface area contributed by atoms with Crippen molar-refractivity contribution in [2.75, 3.05) is 5.32 Å². The average molecular weight is 379 g/mol. The third-order valence-electron chi connectivity index (χ3n) is 4.52. The van der Waals surface area contributed by atoms with Gasteiger partial charge in [0.05, 0.1) is 18.4 Å². The van der Waals surface area contributed by atoms with Gasteiger partial charge in [0.1, 0.15) is 5.75 Å².